The van der Waals surface area contributed by atoms with Crippen LogP contribution in [0.4, 0.5) is 10.2 Å². The summed E-state index contributed by atoms with van der Waals surface area (Å²) in [5.74, 6) is 2.90. The third kappa shape index (κ3) is 5.75. The van der Waals surface area contributed by atoms with Crippen LogP contribution in [0, 0.1) is 23.1 Å². The summed E-state index contributed by atoms with van der Waals surface area (Å²) < 4.78 is 21.0. The van der Waals surface area contributed by atoms with E-state index < -0.39 is 0 Å². The molecule has 1 N–H and O–H groups in total. The quantitative estimate of drug-likeness (QED) is 0.352. The Morgan fingerprint density at radius 2 is 1.78 bits per heavy atom. The minimum atomic E-state index is -0.343. The van der Waals surface area contributed by atoms with Crippen LogP contribution in [0.1, 0.15) is 70.4 Å². The molecule has 0 unspecified atom stereocenters. The van der Waals surface area contributed by atoms with E-state index in [2.05, 4.69) is 53.7 Å². The van der Waals surface area contributed by atoms with Crippen molar-refractivity contribution >= 4 is 5.82 Å². The van der Waals surface area contributed by atoms with Crippen LogP contribution >= 0.6 is 0 Å². The molecule has 0 amide bonds. The molecule has 2 aromatic heterocycles. The second-order valence-corrected chi connectivity index (χ2v) is 14.9. The van der Waals surface area contributed by atoms with Gasteiger partial charge in [0, 0.05) is 80.0 Å². The third-order valence-electron chi connectivity index (χ3n) is 11.3. The number of rotatable bonds is 9. The first-order chi connectivity index (χ1) is 22.4. The third-order valence-corrected chi connectivity index (χ3v) is 11.3. The molecule has 46 heavy (non-hydrogen) atoms. The molecular weight excluding hydrogens is 583 g/mol. The van der Waals surface area contributed by atoms with Crippen LogP contribution in [0.25, 0.3) is 11.1 Å². The zero-order chi connectivity index (χ0) is 31.4. The number of ether oxygens (including phenoxy) is 1. The molecule has 10 nitrogen and oxygen atoms in total. The van der Waals surface area contributed by atoms with E-state index in [1.54, 1.807) is 18.6 Å². The Labute approximate surface area is 270 Å². The fourth-order valence-corrected chi connectivity index (χ4v) is 8.80. The predicted molar refractivity (Wildman–Crippen MR) is 172 cm³/mol. The maximum atomic E-state index is 14.5. The Hall–Kier alpha value is -3.28. The molecule has 11 heteroatoms. The van der Waals surface area contributed by atoms with Gasteiger partial charge in [-0.3, -0.25) is 4.90 Å². The molecule has 5 fully saturated rings. The summed E-state index contributed by atoms with van der Waals surface area (Å²) in [5.41, 5.74) is 2.58. The molecule has 1 atom stereocenters. The molecular formula is C35H45FN8O2. The van der Waals surface area contributed by atoms with Gasteiger partial charge >= 0.3 is 0 Å². The maximum absolute atomic E-state index is 14.5. The first-order valence-corrected chi connectivity index (χ1v) is 17.2. The molecule has 3 aromatic rings. The lowest BCUT2D eigenvalue weighted by molar-refractivity contribution is -0.0840. The van der Waals surface area contributed by atoms with E-state index in [0.29, 0.717) is 46.9 Å². The topological polar surface area (TPSA) is 104 Å². The Kier molecular flexibility index (Phi) is 7.89. The van der Waals surface area contributed by atoms with Crippen molar-refractivity contribution in [2.24, 2.45) is 17.3 Å². The van der Waals surface area contributed by atoms with Crippen LogP contribution in [0.15, 0.2) is 37.1 Å². The molecule has 1 aromatic carbocycles. The molecule has 3 aliphatic heterocycles. The van der Waals surface area contributed by atoms with Crippen molar-refractivity contribution < 1.29 is 14.2 Å². The molecule has 2 saturated carbocycles. The largest absolute Gasteiger partial charge is 0.434 e. The predicted octanol–water partition coefficient (Wildman–Crippen LogP) is 4.91. The van der Waals surface area contributed by atoms with Gasteiger partial charge in [0.15, 0.2) is 5.82 Å². The number of aliphatic hydroxyl groups excluding tert-OH is 1. The summed E-state index contributed by atoms with van der Waals surface area (Å²) >= 11 is 0. The summed E-state index contributed by atoms with van der Waals surface area (Å²) in [4.78, 5) is 21.1. The monoisotopic (exact) mass is 628 g/mol. The molecule has 244 valence electrons. The van der Waals surface area contributed by atoms with Gasteiger partial charge in [0.25, 0.3) is 5.88 Å². The van der Waals surface area contributed by atoms with E-state index in [1.807, 2.05) is 0 Å². The fraction of sp³-hybridized carbons (Fsp3) is 0.629. The Morgan fingerprint density at radius 1 is 0.978 bits per heavy atom. The number of likely N-dealkylation sites (tertiary alicyclic amines) is 2. The Balaban J connectivity index is 0.943. The smallest absolute Gasteiger partial charge is 0.282 e. The number of nitrogens with zero attached hydrogens (tertiary/aromatic N) is 8. The van der Waals surface area contributed by atoms with Gasteiger partial charge < -0.3 is 19.6 Å². The number of aromatic nitrogens is 5. The summed E-state index contributed by atoms with van der Waals surface area (Å²) in [6.07, 6.45) is 12.3. The van der Waals surface area contributed by atoms with E-state index in [9.17, 15) is 9.50 Å². The Bertz CT molecular complexity index is 1550. The van der Waals surface area contributed by atoms with E-state index in [0.717, 1.165) is 88.5 Å². The molecule has 5 aliphatic rings. The SMILES string of the molecule is CC(C)[C@H](C1CC(N2CCC(O)CC2)C1)N1CC2(CCN(c3ncnnc3Oc3ccc(F)cc3-c3cncnc3C3CC3)C2)C1. The van der Waals surface area contributed by atoms with Gasteiger partial charge in [0.05, 0.1) is 11.8 Å². The number of piperidine rings is 1. The highest BCUT2D eigenvalue weighted by molar-refractivity contribution is 5.73. The Morgan fingerprint density at radius 3 is 2.54 bits per heavy atom. The number of aliphatic hydroxyl groups is 1. The van der Waals surface area contributed by atoms with Crippen LogP contribution in [-0.4, -0.2) is 97.5 Å². The fourth-order valence-electron chi connectivity index (χ4n) is 8.80. The number of hydrogen-bond donors (Lipinski definition) is 1. The van der Waals surface area contributed by atoms with Crippen LogP contribution in [0.2, 0.25) is 0 Å². The van der Waals surface area contributed by atoms with Crippen molar-refractivity contribution in [2.75, 3.05) is 44.2 Å². The van der Waals surface area contributed by atoms with Crippen molar-refractivity contribution in [3.05, 3.63) is 48.6 Å². The lowest BCUT2D eigenvalue weighted by atomic mass is 9.68. The maximum Gasteiger partial charge on any atom is 0.282 e. The van der Waals surface area contributed by atoms with Gasteiger partial charge in [-0.1, -0.05) is 13.8 Å². The average Bonchev–Trinajstić information content (AvgIpc) is 3.77. The second-order valence-electron chi connectivity index (χ2n) is 14.9. The molecule has 8 rings (SSSR count). The molecule has 3 saturated heterocycles. The second kappa shape index (κ2) is 12.1. The summed E-state index contributed by atoms with van der Waals surface area (Å²) in [6.45, 7) is 10.9. The average molecular weight is 629 g/mol. The van der Waals surface area contributed by atoms with Gasteiger partial charge in [-0.25, -0.2) is 19.3 Å². The minimum Gasteiger partial charge on any atom is -0.434 e. The van der Waals surface area contributed by atoms with Gasteiger partial charge in [-0.2, -0.15) is 0 Å². The first-order valence-electron chi connectivity index (χ1n) is 17.2. The van der Waals surface area contributed by atoms with E-state index in [1.165, 1.54) is 31.3 Å². The van der Waals surface area contributed by atoms with E-state index in [-0.39, 0.29) is 17.3 Å². The van der Waals surface area contributed by atoms with Crippen molar-refractivity contribution in [2.45, 2.75) is 82.9 Å². The highest BCUT2D eigenvalue weighted by Crippen LogP contribution is 2.49. The molecule has 0 radical (unpaired) electrons. The normalized spacial score (nSPS) is 25.9. The molecule has 0 bridgehead atoms. The molecule has 5 heterocycles. The standard InChI is InChI=1S/C35H45FN8O2/c1-22(2)32(24-13-26(14-24)42-10-7-27(45)8-11-42)44-18-35(19-44)9-12-43(17-35)33-34(41-40-21-39-33)46-30-6-5-25(36)15-28(30)29-16-37-20-38-31(29)23-3-4-23/h5-6,15-16,20-24,26-27,32,45H,3-4,7-14,17-19H2,1-2H3/t24?,26?,32-/m1/s1. The minimum absolute atomic E-state index is 0.107. The van der Waals surface area contributed by atoms with Crippen LogP contribution in [0.5, 0.6) is 11.6 Å². The van der Waals surface area contributed by atoms with E-state index in [4.69, 9.17) is 4.74 Å². The lowest BCUT2D eigenvalue weighted by Gasteiger charge is -2.58. The lowest BCUT2D eigenvalue weighted by Crippen LogP contribution is -2.65. The number of anilines is 1. The zero-order valence-corrected chi connectivity index (χ0v) is 26.9. The molecule has 1 spiro atoms. The van der Waals surface area contributed by atoms with Crippen LogP contribution in [-0.2, 0) is 0 Å². The van der Waals surface area contributed by atoms with Crippen molar-refractivity contribution in [3.8, 4) is 22.8 Å². The number of benzene rings is 1. The summed E-state index contributed by atoms with van der Waals surface area (Å²) in [5, 5.41) is 18.3. The van der Waals surface area contributed by atoms with Crippen molar-refractivity contribution in [1.82, 2.24) is 34.9 Å². The van der Waals surface area contributed by atoms with Gasteiger partial charge in [-0.15, -0.1) is 10.2 Å². The van der Waals surface area contributed by atoms with Crippen LogP contribution < -0.4 is 9.64 Å². The number of halogens is 1. The summed E-state index contributed by atoms with van der Waals surface area (Å²) in [6, 6.07) is 5.85. The van der Waals surface area contributed by atoms with Crippen molar-refractivity contribution in [3.63, 3.8) is 0 Å². The first kappa shape index (κ1) is 30.1. The van der Waals surface area contributed by atoms with Crippen LogP contribution in [0.3, 0.4) is 0 Å². The van der Waals surface area contributed by atoms with Gasteiger partial charge in [-0.05, 0) is 75.0 Å². The van der Waals surface area contributed by atoms with Crippen molar-refractivity contribution in [1.29, 1.82) is 0 Å². The molecule has 2 aliphatic carbocycles. The zero-order valence-electron chi connectivity index (χ0n) is 26.9. The number of hydrogen-bond acceptors (Lipinski definition) is 10. The summed E-state index contributed by atoms with van der Waals surface area (Å²) in [7, 11) is 0. The van der Waals surface area contributed by atoms with E-state index >= 15 is 0 Å². The van der Waals surface area contributed by atoms with Gasteiger partial charge in [0.1, 0.15) is 24.2 Å². The van der Waals surface area contributed by atoms with Gasteiger partial charge in [0.2, 0.25) is 0 Å². The highest BCUT2D eigenvalue weighted by Gasteiger charge is 2.53. The highest BCUT2D eigenvalue weighted by atomic mass is 19.1.